The lowest BCUT2D eigenvalue weighted by Crippen LogP contribution is -2.32. The second kappa shape index (κ2) is 6.20. The van der Waals surface area contributed by atoms with Crippen molar-refractivity contribution in [1.82, 2.24) is 4.90 Å². The Morgan fingerprint density at radius 1 is 1.44 bits per heavy atom. The van der Waals surface area contributed by atoms with Crippen molar-refractivity contribution in [2.75, 3.05) is 13.6 Å². The standard InChI is InChI=1S/C15H20N2O/c1-11-5-6-13(3)14(7-11)8-15(18)17(4)10-12(2)9-16/h5-7,12H,8,10H2,1-4H3. The van der Waals surface area contributed by atoms with Gasteiger partial charge in [0.05, 0.1) is 18.4 Å². The van der Waals surface area contributed by atoms with Gasteiger partial charge in [0.25, 0.3) is 0 Å². The number of aryl methyl sites for hydroxylation is 2. The first-order valence-electron chi connectivity index (χ1n) is 6.13. The fourth-order valence-electron chi connectivity index (χ4n) is 1.84. The van der Waals surface area contributed by atoms with Gasteiger partial charge < -0.3 is 4.90 Å². The number of hydrogen-bond donors (Lipinski definition) is 0. The van der Waals surface area contributed by atoms with Crippen LogP contribution in [0.15, 0.2) is 18.2 Å². The number of benzene rings is 1. The molecule has 0 bridgehead atoms. The molecule has 0 saturated carbocycles. The molecule has 0 aliphatic rings. The zero-order valence-electron chi connectivity index (χ0n) is 11.5. The van der Waals surface area contributed by atoms with Crippen LogP contribution in [0.2, 0.25) is 0 Å². The van der Waals surface area contributed by atoms with Crippen molar-refractivity contribution < 1.29 is 4.79 Å². The minimum Gasteiger partial charge on any atom is -0.344 e. The van der Waals surface area contributed by atoms with Crippen molar-refractivity contribution in [2.45, 2.75) is 27.2 Å². The number of amides is 1. The molecule has 0 aliphatic carbocycles. The minimum atomic E-state index is -0.127. The Labute approximate surface area is 109 Å². The molecule has 3 heteroatoms. The van der Waals surface area contributed by atoms with Crippen LogP contribution in [0.1, 0.15) is 23.6 Å². The second-order valence-electron chi connectivity index (χ2n) is 4.91. The van der Waals surface area contributed by atoms with E-state index in [1.807, 2.05) is 32.9 Å². The molecule has 18 heavy (non-hydrogen) atoms. The molecule has 1 amide bonds. The maximum atomic E-state index is 12.0. The van der Waals surface area contributed by atoms with Crippen molar-refractivity contribution in [3.63, 3.8) is 0 Å². The minimum absolute atomic E-state index is 0.0609. The third-order valence-corrected chi connectivity index (χ3v) is 3.04. The molecule has 1 atom stereocenters. The van der Waals surface area contributed by atoms with E-state index in [4.69, 9.17) is 5.26 Å². The van der Waals surface area contributed by atoms with Gasteiger partial charge in [-0.05, 0) is 31.9 Å². The normalized spacial score (nSPS) is 11.7. The number of carbonyl (C=O) groups is 1. The highest BCUT2D eigenvalue weighted by molar-refractivity contribution is 5.79. The van der Waals surface area contributed by atoms with Crippen LogP contribution in [0.4, 0.5) is 0 Å². The first-order chi connectivity index (χ1) is 8.43. The summed E-state index contributed by atoms with van der Waals surface area (Å²) in [7, 11) is 1.75. The van der Waals surface area contributed by atoms with Gasteiger partial charge in [-0.1, -0.05) is 23.8 Å². The lowest BCUT2D eigenvalue weighted by molar-refractivity contribution is -0.129. The Morgan fingerprint density at radius 2 is 2.11 bits per heavy atom. The van der Waals surface area contributed by atoms with Crippen molar-refractivity contribution in [3.05, 3.63) is 34.9 Å². The summed E-state index contributed by atoms with van der Waals surface area (Å²) in [5.41, 5.74) is 3.36. The van der Waals surface area contributed by atoms with Gasteiger partial charge >= 0.3 is 0 Å². The third-order valence-electron chi connectivity index (χ3n) is 3.04. The van der Waals surface area contributed by atoms with Crippen molar-refractivity contribution in [1.29, 1.82) is 5.26 Å². The lowest BCUT2D eigenvalue weighted by atomic mass is 10.0. The molecule has 0 aromatic heterocycles. The van der Waals surface area contributed by atoms with Gasteiger partial charge in [0.15, 0.2) is 0 Å². The fourth-order valence-corrected chi connectivity index (χ4v) is 1.84. The zero-order chi connectivity index (χ0) is 13.7. The highest BCUT2D eigenvalue weighted by atomic mass is 16.2. The number of rotatable bonds is 4. The molecule has 1 aromatic rings. The number of nitrogens with zero attached hydrogens (tertiary/aromatic N) is 2. The summed E-state index contributed by atoms with van der Waals surface area (Å²) in [5, 5.41) is 8.75. The van der Waals surface area contributed by atoms with Crippen LogP contribution in [-0.2, 0) is 11.2 Å². The molecule has 0 N–H and O–H groups in total. The molecular weight excluding hydrogens is 224 g/mol. The predicted molar refractivity (Wildman–Crippen MR) is 72.0 cm³/mol. The summed E-state index contributed by atoms with van der Waals surface area (Å²) in [6.45, 7) is 6.34. The summed E-state index contributed by atoms with van der Waals surface area (Å²) in [4.78, 5) is 13.7. The Kier molecular flexibility index (Phi) is 4.91. The van der Waals surface area contributed by atoms with Crippen molar-refractivity contribution in [2.24, 2.45) is 5.92 Å². The molecule has 0 spiro atoms. The number of hydrogen-bond acceptors (Lipinski definition) is 2. The van der Waals surface area contributed by atoms with Gasteiger partial charge in [-0.15, -0.1) is 0 Å². The molecule has 1 aromatic carbocycles. The van der Waals surface area contributed by atoms with E-state index >= 15 is 0 Å². The molecule has 1 rings (SSSR count). The summed E-state index contributed by atoms with van der Waals surface area (Å²) in [6, 6.07) is 8.28. The second-order valence-corrected chi connectivity index (χ2v) is 4.91. The van der Waals surface area contributed by atoms with Gasteiger partial charge in [-0.25, -0.2) is 0 Å². The van der Waals surface area contributed by atoms with E-state index in [0.717, 1.165) is 16.7 Å². The number of nitriles is 1. The van der Waals surface area contributed by atoms with Crippen LogP contribution in [0.25, 0.3) is 0 Å². The zero-order valence-corrected chi connectivity index (χ0v) is 11.5. The van der Waals surface area contributed by atoms with Gasteiger partial charge in [-0.2, -0.15) is 5.26 Å². The summed E-state index contributed by atoms with van der Waals surface area (Å²) in [6.07, 6.45) is 0.405. The molecule has 0 aliphatic heterocycles. The van der Waals surface area contributed by atoms with Crippen LogP contribution in [0.5, 0.6) is 0 Å². The Bertz CT molecular complexity index is 474. The highest BCUT2D eigenvalue weighted by Crippen LogP contribution is 2.12. The van der Waals surface area contributed by atoms with Crippen molar-refractivity contribution in [3.8, 4) is 6.07 Å². The van der Waals surface area contributed by atoms with E-state index in [1.54, 1.807) is 11.9 Å². The summed E-state index contributed by atoms with van der Waals surface area (Å²) >= 11 is 0. The molecule has 0 radical (unpaired) electrons. The first kappa shape index (κ1) is 14.2. The van der Waals surface area contributed by atoms with E-state index in [0.29, 0.717) is 13.0 Å². The smallest absolute Gasteiger partial charge is 0.226 e. The van der Waals surface area contributed by atoms with E-state index in [9.17, 15) is 4.79 Å². The van der Waals surface area contributed by atoms with E-state index in [-0.39, 0.29) is 11.8 Å². The Morgan fingerprint density at radius 3 is 2.72 bits per heavy atom. The van der Waals surface area contributed by atoms with Gasteiger partial charge in [0.2, 0.25) is 5.91 Å². The molecule has 96 valence electrons. The lowest BCUT2D eigenvalue weighted by Gasteiger charge is -2.19. The van der Waals surface area contributed by atoms with Crippen LogP contribution >= 0.6 is 0 Å². The average molecular weight is 244 g/mol. The topological polar surface area (TPSA) is 44.1 Å². The van der Waals surface area contributed by atoms with Crippen molar-refractivity contribution >= 4 is 5.91 Å². The molecule has 0 heterocycles. The summed E-state index contributed by atoms with van der Waals surface area (Å²) in [5.74, 6) is -0.0663. The van der Waals surface area contributed by atoms with Gasteiger partial charge in [-0.3, -0.25) is 4.79 Å². The monoisotopic (exact) mass is 244 g/mol. The van der Waals surface area contributed by atoms with Crippen LogP contribution in [0, 0.1) is 31.1 Å². The molecular formula is C15H20N2O. The maximum Gasteiger partial charge on any atom is 0.226 e. The SMILES string of the molecule is Cc1ccc(C)c(CC(=O)N(C)CC(C)C#N)c1. The Hall–Kier alpha value is -1.82. The third kappa shape index (κ3) is 3.89. The van der Waals surface area contributed by atoms with Crippen LogP contribution < -0.4 is 0 Å². The average Bonchev–Trinajstić information content (AvgIpc) is 2.33. The predicted octanol–water partition coefficient (Wildman–Crippen LogP) is 2.46. The van der Waals surface area contributed by atoms with Gasteiger partial charge in [0.1, 0.15) is 0 Å². The molecule has 1 unspecified atom stereocenters. The number of carbonyl (C=O) groups excluding carboxylic acids is 1. The van der Waals surface area contributed by atoms with Crippen LogP contribution in [-0.4, -0.2) is 24.4 Å². The van der Waals surface area contributed by atoms with Gasteiger partial charge in [0, 0.05) is 13.6 Å². The van der Waals surface area contributed by atoms with E-state index in [2.05, 4.69) is 12.1 Å². The van der Waals surface area contributed by atoms with E-state index in [1.165, 1.54) is 0 Å². The van der Waals surface area contributed by atoms with E-state index < -0.39 is 0 Å². The maximum absolute atomic E-state index is 12.0. The molecule has 3 nitrogen and oxygen atoms in total. The quantitative estimate of drug-likeness (QED) is 0.816. The molecule has 0 saturated heterocycles. The summed E-state index contributed by atoms with van der Waals surface area (Å²) < 4.78 is 0. The largest absolute Gasteiger partial charge is 0.344 e. The highest BCUT2D eigenvalue weighted by Gasteiger charge is 2.13. The molecule has 0 fully saturated rings. The first-order valence-corrected chi connectivity index (χ1v) is 6.13. The number of likely N-dealkylation sites (N-methyl/N-ethyl adjacent to an activating group) is 1. The van der Waals surface area contributed by atoms with Crippen LogP contribution in [0.3, 0.4) is 0 Å². The Balaban J connectivity index is 2.70. The fraction of sp³-hybridized carbons (Fsp3) is 0.467.